The number of likely N-dealkylation sites (N-methyl/N-ethyl adjacent to an activating group) is 1. The number of fused-ring (bicyclic) bond motifs is 1. The molecule has 7 heteroatoms. The second-order valence-corrected chi connectivity index (χ2v) is 6.20. The van der Waals surface area contributed by atoms with Crippen LogP contribution in [0.3, 0.4) is 0 Å². The van der Waals surface area contributed by atoms with Gasteiger partial charge >= 0.3 is 5.88 Å². The summed E-state index contributed by atoms with van der Waals surface area (Å²) in [5.74, 6) is 0.875. The van der Waals surface area contributed by atoms with Crippen LogP contribution in [0.2, 0.25) is 0 Å². The Morgan fingerprint density at radius 2 is 1.96 bits per heavy atom. The van der Waals surface area contributed by atoms with Gasteiger partial charge in [0, 0.05) is 18.0 Å². The van der Waals surface area contributed by atoms with Gasteiger partial charge in [0.05, 0.1) is 17.3 Å². The van der Waals surface area contributed by atoms with E-state index in [4.69, 9.17) is 9.15 Å². The lowest BCUT2D eigenvalue weighted by atomic mass is 10.1. The first-order valence-electron chi connectivity index (χ1n) is 9.28. The number of rotatable bonds is 9. The molecule has 146 valence electrons. The van der Waals surface area contributed by atoms with E-state index in [0.29, 0.717) is 18.1 Å². The lowest BCUT2D eigenvalue weighted by molar-refractivity contribution is -0.402. The molecule has 0 fully saturated rings. The largest absolute Gasteiger partial charge is 0.491 e. The molecule has 0 saturated heterocycles. The third-order valence-corrected chi connectivity index (χ3v) is 4.47. The van der Waals surface area contributed by atoms with Crippen LogP contribution in [0.25, 0.3) is 23.1 Å². The van der Waals surface area contributed by atoms with E-state index >= 15 is 0 Å². The maximum Gasteiger partial charge on any atom is 0.433 e. The number of nitrogens with zero attached hydrogens (tertiary/aromatic N) is 3. The number of aromatic nitrogens is 1. The monoisotopic (exact) mass is 381 g/mol. The van der Waals surface area contributed by atoms with E-state index in [1.807, 2.05) is 30.3 Å². The molecule has 0 radical (unpaired) electrons. The lowest BCUT2D eigenvalue weighted by Crippen LogP contribution is -2.27. The number of furan rings is 1. The molecule has 0 bridgehead atoms. The van der Waals surface area contributed by atoms with E-state index in [0.717, 1.165) is 36.3 Å². The van der Waals surface area contributed by atoms with Crippen LogP contribution in [0.4, 0.5) is 5.88 Å². The Morgan fingerprint density at radius 3 is 2.68 bits per heavy atom. The molecule has 28 heavy (non-hydrogen) atoms. The molecule has 0 saturated carbocycles. The van der Waals surface area contributed by atoms with Gasteiger partial charge in [0.15, 0.2) is 0 Å². The Balaban J connectivity index is 1.82. The van der Waals surface area contributed by atoms with Crippen molar-refractivity contribution in [3.05, 3.63) is 64.0 Å². The molecule has 3 aromatic rings. The summed E-state index contributed by atoms with van der Waals surface area (Å²) in [5.41, 5.74) is 1.52. The van der Waals surface area contributed by atoms with Crippen LogP contribution in [-0.4, -0.2) is 41.0 Å². The van der Waals surface area contributed by atoms with Crippen LogP contribution in [-0.2, 0) is 0 Å². The van der Waals surface area contributed by atoms with E-state index in [1.54, 1.807) is 18.2 Å². The number of benzene rings is 1. The van der Waals surface area contributed by atoms with Crippen molar-refractivity contribution in [2.45, 2.75) is 13.8 Å². The van der Waals surface area contributed by atoms with Gasteiger partial charge in [-0.1, -0.05) is 26.0 Å². The highest BCUT2D eigenvalue weighted by Gasteiger charge is 2.10. The van der Waals surface area contributed by atoms with Crippen molar-refractivity contribution in [3.63, 3.8) is 0 Å². The zero-order valence-corrected chi connectivity index (χ0v) is 16.0. The lowest BCUT2D eigenvalue weighted by Gasteiger charge is -2.18. The summed E-state index contributed by atoms with van der Waals surface area (Å²) in [6, 6.07) is 12.6. The average Bonchev–Trinajstić information content (AvgIpc) is 3.19. The fraction of sp³-hybridized carbons (Fsp3) is 0.286. The number of hydrogen-bond acceptors (Lipinski definition) is 6. The minimum atomic E-state index is -0.562. The smallest absolute Gasteiger partial charge is 0.433 e. The van der Waals surface area contributed by atoms with Gasteiger partial charge in [-0.05, 0) is 43.4 Å². The number of nitro groups is 1. The van der Waals surface area contributed by atoms with Gasteiger partial charge in [0.25, 0.3) is 0 Å². The second kappa shape index (κ2) is 9.14. The Labute approximate surface area is 163 Å². The molecule has 0 amide bonds. The third kappa shape index (κ3) is 4.75. The summed E-state index contributed by atoms with van der Waals surface area (Å²) in [6.07, 6.45) is 3.41. The van der Waals surface area contributed by atoms with Crippen LogP contribution in [0.1, 0.15) is 25.3 Å². The van der Waals surface area contributed by atoms with E-state index in [-0.39, 0.29) is 5.88 Å². The topological polar surface area (TPSA) is 81.6 Å². The van der Waals surface area contributed by atoms with E-state index in [1.165, 1.54) is 6.07 Å². The Hall–Kier alpha value is -3.19. The quantitative estimate of drug-likeness (QED) is 0.397. The highest BCUT2D eigenvalue weighted by Crippen LogP contribution is 2.26. The number of hydrogen-bond donors (Lipinski definition) is 0. The first-order chi connectivity index (χ1) is 13.6. The molecule has 0 aliphatic rings. The van der Waals surface area contributed by atoms with E-state index in [9.17, 15) is 10.1 Å². The third-order valence-electron chi connectivity index (χ3n) is 4.47. The maximum absolute atomic E-state index is 10.7. The van der Waals surface area contributed by atoms with Crippen LogP contribution in [0.5, 0.6) is 5.75 Å². The van der Waals surface area contributed by atoms with Gasteiger partial charge in [-0.25, -0.2) is 4.98 Å². The number of para-hydroxylation sites is 1. The molecule has 0 aliphatic carbocycles. The molecule has 1 aromatic carbocycles. The van der Waals surface area contributed by atoms with Gasteiger partial charge < -0.3 is 14.1 Å². The summed E-state index contributed by atoms with van der Waals surface area (Å²) < 4.78 is 11.2. The van der Waals surface area contributed by atoms with Crippen molar-refractivity contribution in [2.24, 2.45) is 0 Å². The average molecular weight is 381 g/mol. The fourth-order valence-electron chi connectivity index (χ4n) is 2.89. The predicted octanol–water partition coefficient (Wildman–Crippen LogP) is 4.63. The Bertz CT molecular complexity index is 977. The highest BCUT2D eigenvalue weighted by molar-refractivity contribution is 5.86. The molecule has 7 nitrogen and oxygen atoms in total. The molecule has 2 heterocycles. The van der Waals surface area contributed by atoms with Crippen molar-refractivity contribution in [2.75, 3.05) is 26.2 Å². The van der Waals surface area contributed by atoms with Crippen molar-refractivity contribution < 1.29 is 14.1 Å². The van der Waals surface area contributed by atoms with Crippen molar-refractivity contribution in [1.82, 2.24) is 9.88 Å². The van der Waals surface area contributed by atoms with E-state index in [2.05, 4.69) is 23.7 Å². The first-order valence-corrected chi connectivity index (χ1v) is 9.28. The minimum Gasteiger partial charge on any atom is -0.491 e. The predicted molar refractivity (Wildman–Crippen MR) is 109 cm³/mol. The zero-order valence-electron chi connectivity index (χ0n) is 16.0. The first kappa shape index (κ1) is 19.6. The van der Waals surface area contributed by atoms with Gasteiger partial charge in [-0.3, -0.25) is 10.1 Å². The number of pyridine rings is 1. The summed E-state index contributed by atoms with van der Waals surface area (Å²) in [7, 11) is 0. The molecule has 0 spiro atoms. The van der Waals surface area contributed by atoms with Crippen molar-refractivity contribution in [1.29, 1.82) is 0 Å². The number of ether oxygens (including phenoxy) is 1. The molecular formula is C21H23N3O4. The summed E-state index contributed by atoms with van der Waals surface area (Å²) in [4.78, 5) is 17.1. The molecule has 0 unspecified atom stereocenters. The molecule has 3 rings (SSSR count). The van der Waals surface area contributed by atoms with Crippen molar-refractivity contribution in [3.8, 4) is 5.75 Å². The van der Waals surface area contributed by atoms with Crippen LogP contribution >= 0.6 is 0 Å². The normalized spacial score (nSPS) is 11.5. The van der Waals surface area contributed by atoms with Gasteiger partial charge in [-0.2, -0.15) is 0 Å². The summed E-state index contributed by atoms with van der Waals surface area (Å²) in [5, 5.41) is 11.7. The molecule has 0 N–H and O–H groups in total. The van der Waals surface area contributed by atoms with Crippen LogP contribution in [0, 0.1) is 10.1 Å². The zero-order chi connectivity index (χ0) is 19.9. The van der Waals surface area contributed by atoms with Gasteiger partial charge in [0.2, 0.25) is 0 Å². The van der Waals surface area contributed by atoms with Gasteiger partial charge in [-0.15, -0.1) is 0 Å². The van der Waals surface area contributed by atoms with Crippen LogP contribution < -0.4 is 4.74 Å². The van der Waals surface area contributed by atoms with Crippen molar-refractivity contribution >= 4 is 28.9 Å². The molecular weight excluding hydrogens is 358 g/mol. The Morgan fingerprint density at radius 1 is 1.18 bits per heavy atom. The molecule has 2 aromatic heterocycles. The SMILES string of the molecule is CCN(CC)CCOc1cc(/C=C/c2ccc([N+](=O)[O-])o2)nc2ccccc12. The van der Waals surface area contributed by atoms with Crippen LogP contribution in [0.15, 0.2) is 46.9 Å². The minimum absolute atomic E-state index is 0.286. The molecule has 0 aliphatic heterocycles. The fourth-order valence-corrected chi connectivity index (χ4v) is 2.89. The highest BCUT2D eigenvalue weighted by atomic mass is 16.6. The maximum atomic E-state index is 10.7. The Kier molecular flexibility index (Phi) is 6.39. The molecule has 0 atom stereocenters. The summed E-state index contributed by atoms with van der Waals surface area (Å²) >= 11 is 0. The second-order valence-electron chi connectivity index (χ2n) is 6.20. The van der Waals surface area contributed by atoms with E-state index < -0.39 is 4.92 Å². The van der Waals surface area contributed by atoms with Gasteiger partial charge in [0.1, 0.15) is 23.0 Å². The standard InChI is InChI=1S/C21H23N3O4/c1-3-23(4-2)13-14-27-20-15-16(22-19-8-6-5-7-18(19)20)9-10-17-11-12-21(28-17)24(25)26/h5-12,15H,3-4,13-14H2,1-2H3/b10-9+. The summed E-state index contributed by atoms with van der Waals surface area (Å²) in [6.45, 7) is 7.68.